The molecule has 0 radical (unpaired) electrons. The topological polar surface area (TPSA) is 75.8 Å². The third-order valence-corrected chi connectivity index (χ3v) is 2.96. The number of aliphatic carboxylic acids is 1. The molecular weight excluding hydrogens is 224 g/mol. The lowest BCUT2D eigenvalue weighted by molar-refractivity contribution is -0.140. The summed E-state index contributed by atoms with van der Waals surface area (Å²) in [5.74, 6) is -0.0204. The van der Waals surface area contributed by atoms with Gasteiger partial charge in [0.25, 0.3) is 0 Å². The van der Waals surface area contributed by atoms with Crippen molar-refractivity contribution in [2.24, 2.45) is 0 Å². The number of hydrogen-bond acceptors (Lipinski definition) is 5. The molecule has 1 aromatic heterocycles. The van der Waals surface area contributed by atoms with Crippen LogP contribution in [-0.4, -0.2) is 46.8 Å². The monoisotopic (exact) mass is 240 g/mol. The molecule has 6 nitrogen and oxygen atoms in total. The fourth-order valence-electron chi connectivity index (χ4n) is 1.96. The number of ether oxygens (including phenoxy) is 1. The van der Waals surface area contributed by atoms with Crippen molar-refractivity contribution < 1.29 is 19.1 Å². The van der Waals surface area contributed by atoms with Crippen LogP contribution in [-0.2, 0) is 16.1 Å². The number of aromatic nitrogens is 1. The predicted molar refractivity (Wildman–Crippen MR) is 58.5 cm³/mol. The van der Waals surface area contributed by atoms with E-state index in [0.29, 0.717) is 19.8 Å². The van der Waals surface area contributed by atoms with Gasteiger partial charge < -0.3 is 14.3 Å². The van der Waals surface area contributed by atoms with E-state index in [1.54, 1.807) is 0 Å². The molecule has 0 aliphatic carbocycles. The van der Waals surface area contributed by atoms with E-state index in [-0.39, 0.29) is 12.5 Å². The summed E-state index contributed by atoms with van der Waals surface area (Å²) in [6, 6.07) is -0.0858. The number of morpholine rings is 1. The number of nitrogens with zero attached hydrogens (tertiary/aromatic N) is 2. The zero-order valence-electron chi connectivity index (χ0n) is 9.76. The highest BCUT2D eigenvalue weighted by Crippen LogP contribution is 2.16. The Balaban J connectivity index is 2.01. The van der Waals surface area contributed by atoms with Crippen LogP contribution in [0.3, 0.4) is 0 Å². The van der Waals surface area contributed by atoms with Crippen LogP contribution in [0.4, 0.5) is 0 Å². The van der Waals surface area contributed by atoms with Crippen molar-refractivity contribution in [2.75, 3.05) is 19.8 Å². The summed E-state index contributed by atoms with van der Waals surface area (Å²) in [5, 5.41) is 8.85. The first kappa shape index (κ1) is 12.1. The van der Waals surface area contributed by atoms with Crippen molar-refractivity contribution in [1.82, 2.24) is 9.88 Å². The van der Waals surface area contributed by atoms with E-state index in [9.17, 15) is 4.79 Å². The molecule has 1 saturated heterocycles. The van der Waals surface area contributed by atoms with Gasteiger partial charge in [0, 0.05) is 19.1 Å². The fourth-order valence-corrected chi connectivity index (χ4v) is 1.96. The molecule has 6 heteroatoms. The molecule has 1 atom stereocenters. The van der Waals surface area contributed by atoms with Crippen LogP contribution in [0.2, 0.25) is 0 Å². The van der Waals surface area contributed by atoms with Crippen molar-refractivity contribution in [1.29, 1.82) is 0 Å². The minimum Gasteiger partial charge on any atom is -0.481 e. The van der Waals surface area contributed by atoms with Crippen LogP contribution in [0.25, 0.3) is 0 Å². The van der Waals surface area contributed by atoms with Gasteiger partial charge in [-0.05, 0) is 6.92 Å². The number of oxazole rings is 1. The van der Waals surface area contributed by atoms with Crippen molar-refractivity contribution in [2.45, 2.75) is 25.9 Å². The van der Waals surface area contributed by atoms with Gasteiger partial charge in [-0.25, -0.2) is 4.98 Å². The molecule has 1 aliphatic heterocycles. The molecule has 94 valence electrons. The van der Waals surface area contributed by atoms with Crippen molar-refractivity contribution >= 4 is 5.97 Å². The Labute approximate surface area is 99.2 Å². The Kier molecular flexibility index (Phi) is 3.75. The van der Waals surface area contributed by atoms with Gasteiger partial charge in [0.1, 0.15) is 5.76 Å². The van der Waals surface area contributed by atoms with E-state index < -0.39 is 5.97 Å². The Morgan fingerprint density at radius 3 is 3.18 bits per heavy atom. The first-order valence-corrected chi connectivity index (χ1v) is 5.59. The van der Waals surface area contributed by atoms with E-state index in [0.717, 1.165) is 18.0 Å². The van der Waals surface area contributed by atoms with Gasteiger partial charge in [-0.15, -0.1) is 0 Å². The molecule has 17 heavy (non-hydrogen) atoms. The Morgan fingerprint density at radius 1 is 1.71 bits per heavy atom. The van der Waals surface area contributed by atoms with Crippen LogP contribution in [0, 0.1) is 6.92 Å². The van der Waals surface area contributed by atoms with Gasteiger partial charge in [0.2, 0.25) is 0 Å². The summed E-state index contributed by atoms with van der Waals surface area (Å²) in [6.07, 6.45) is 1.51. The number of rotatable bonds is 4. The minimum absolute atomic E-state index is 0.0858. The molecule has 1 aliphatic rings. The SMILES string of the molecule is Cc1ocnc1CN1CCOCC1CC(=O)O. The van der Waals surface area contributed by atoms with Crippen LogP contribution < -0.4 is 0 Å². The maximum absolute atomic E-state index is 10.8. The highest BCUT2D eigenvalue weighted by atomic mass is 16.5. The lowest BCUT2D eigenvalue weighted by Gasteiger charge is -2.34. The van der Waals surface area contributed by atoms with E-state index in [4.69, 9.17) is 14.3 Å². The molecule has 1 aromatic rings. The van der Waals surface area contributed by atoms with Gasteiger partial charge in [-0.3, -0.25) is 9.69 Å². The first-order valence-electron chi connectivity index (χ1n) is 5.59. The Morgan fingerprint density at radius 2 is 2.53 bits per heavy atom. The zero-order chi connectivity index (χ0) is 12.3. The second-order valence-electron chi connectivity index (χ2n) is 4.15. The van der Waals surface area contributed by atoms with Crippen LogP contribution in [0.1, 0.15) is 17.9 Å². The third kappa shape index (κ3) is 3.04. The van der Waals surface area contributed by atoms with Crippen molar-refractivity contribution in [3.63, 3.8) is 0 Å². The van der Waals surface area contributed by atoms with E-state index in [2.05, 4.69) is 9.88 Å². The molecule has 2 heterocycles. The molecule has 0 amide bonds. The molecule has 1 N–H and O–H groups in total. The summed E-state index contributed by atoms with van der Waals surface area (Å²) in [5.41, 5.74) is 0.863. The predicted octanol–water partition coefficient (Wildman–Crippen LogP) is 0.659. The van der Waals surface area contributed by atoms with Crippen molar-refractivity contribution in [3.8, 4) is 0 Å². The first-order chi connectivity index (χ1) is 8.16. The van der Waals surface area contributed by atoms with Crippen LogP contribution in [0.15, 0.2) is 10.8 Å². The van der Waals surface area contributed by atoms with E-state index in [1.165, 1.54) is 6.39 Å². The normalized spacial score (nSPS) is 21.6. The molecule has 2 rings (SSSR count). The minimum atomic E-state index is -0.803. The highest BCUT2D eigenvalue weighted by molar-refractivity contribution is 5.67. The van der Waals surface area contributed by atoms with E-state index in [1.807, 2.05) is 6.92 Å². The number of hydrogen-bond donors (Lipinski definition) is 1. The maximum Gasteiger partial charge on any atom is 0.305 e. The molecule has 0 saturated carbocycles. The lowest BCUT2D eigenvalue weighted by Crippen LogP contribution is -2.46. The number of carbonyl (C=O) groups is 1. The standard InChI is InChI=1S/C11H16N2O4/c1-8-10(12-7-17-8)5-13-2-3-16-6-9(13)4-11(14)15/h7,9H,2-6H2,1H3,(H,14,15). The Hall–Kier alpha value is -1.40. The largest absolute Gasteiger partial charge is 0.481 e. The second kappa shape index (κ2) is 5.29. The molecular formula is C11H16N2O4. The molecule has 0 aromatic carbocycles. The smallest absolute Gasteiger partial charge is 0.305 e. The number of aryl methyl sites for hydroxylation is 1. The molecule has 1 fully saturated rings. The lowest BCUT2D eigenvalue weighted by atomic mass is 10.1. The summed E-state index contributed by atoms with van der Waals surface area (Å²) < 4.78 is 10.5. The average Bonchev–Trinajstić information content (AvgIpc) is 2.67. The van der Waals surface area contributed by atoms with Gasteiger partial charge in [-0.2, -0.15) is 0 Å². The molecule has 0 bridgehead atoms. The average molecular weight is 240 g/mol. The molecule has 0 spiro atoms. The van der Waals surface area contributed by atoms with Crippen molar-refractivity contribution in [3.05, 3.63) is 17.8 Å². The summed E-state index contributed by atoms with van der Waals surface area (Å²) >= 11 is 0. The Bertz CT molecular complexity index is 391. The summed E-state index contributed by atoms with van der Waals surface area (Å²) in [4.78, 5) is 17.0. The summed E-state index contributed by atoms with van der Waals surface area (Å²) in [6.45, 7) is 4.29. The molecule has 1 unspecified atom stereocenters. The number of carboxylic acids is 1. The summed E-state index contributed by atoms with van der Waals surface area (Å²) in [7, 11) is 0. The van der Waals surface area contributed by atoms with Crippen LogP contribution in [0.5, 0.6) is 0 Å². The third-order valence-electron chi connectivity index (χ3n) is 2.96. The quantitative estimate of drug-likeness (QED) is 0.833. The zero-order valence-corrected chi connectivity index (χ0v) is 9.76. The van der Waals surface area contributed by atoms with E-state index >= 15 is 0 Å². The van der Waals surface area contributed by atoms with Gasteiger partial charge >= 0.3 is 5.97 Å². The van der Waals surface area contributed by atoms with Crippen LogP contribution >= 0.6 is 0 Å². The number of carboxylic acid groups (broad SMARTS) is 1. The maximum atomic E-state index is 10.8. The second-order valence-corrected chi connectivity index (χ2v) is 4.15. The van der Waals surface area contributed by atoms with Gasteiger partial charge in [-0.1, -0.05) is 0 Å². The van der Waals surface area contributed by atoms with Gasteiger partial charge in [0.15, 0.2) is 6.39 Å². The van der Waals surface area contributed by atoms with Gasteiger partial charge in [0.05, 0.1) is 25.3 Å². The fraction of sp³-hybridized carbons (Fsp3) is 0.636. The highest BCUT2D eigenvalue weighted by Gasteiger charge is 2.26.